The number of fused-ring (bicyclic) bond motifs is 1. The summed E-state index contributed by atoms with van der Waals surface area (Å²) < 4.78 is 35.9. The van der Waals surface area contributed by atoms with E-state index in [9.17, 15) is 18.4 Å². The van der Waals surface area contributed by atoms with Gasteiger partial charge >= 0.3 is 0 Å². The van der Waals surface area contributed by atoms with Gasteiger partial charge in [0.1, 0.15) is 17.5 Å². The number of nitrogens with two attached hydrogens (primary N) is 1. The number of likely N-dealkylation sites (N-methyl/N-ethyl adjacent to an activating group) is 1. The van der Waals surface area contributed by atoms with Crippen LogP contribution in [0.2, 0.25) is 0 Å². The minimum absolute atomic E-state index is 0.0630. The van der Waals surface area contributed by atoms with Crippen LogP contribution in [0.15, 0.2) is 72.9 Å². The zero-order chi connectivity index (χ0) is 28.4. The number of para-hydroxylation sites is 1. The summed E-state index contributed by atoms with van der Waals surface area (Å²) in [6.45, 7) is -0.0849. The second kappa shape index (κ2) is 11.4. The monoisotopic (exact) mass is 552 g/mol. The molecule has 11 heteroatoms. The van der Waals surface area contributed by atoms with E-state index in [0.29, 0.717) is 18.0 Å². The Morgan fingerprint density at radius 3 is 2.55 bits per heavy atom. The molecule has 0 radical (unpaired) electrons. The Labute approximate surface area is 232 Å². The van der Waals surface area contributed by atoms with Crippen molar-refractivity contribution in [2.75, 3.05) is 33.7 Å². The van der Waals surface area contributed by atoms with Crippen LogP contribution in [-0.4, -0.2) is 84.4 Å². The number of piperidine rings is 1. The number of ether oxygens (including phenoxy) is 1. The first-order chi connectivity index (χ1) is 19.1. The van der Waals surface area contributed by atoms with Crippen LogP contribution in [-0.2, 0) is 9.59 Å². The van der Waals surface area contributed by atoms with Crippen molar-refractivity contribution in [3.63, 3.8) is 0 Å². The number of carbonyl (C=O) groups excluding carboxylic acids is 2. The van der Waals surface area contributed by atoms with Crippen LogP contribution in [0.5, 0.6) is 11.5 Å². The Morgan fingerprint density at radius 2 is 1.85 bits per heavy atom. The van der Waals surface area contributed by atoms with Crippen LogP contribution in [0.25, 0.3) is 5.57 Å². The molecule has 40 heavy (non-hydrogen) atoms. The maximum absolute atomic E-state index is 15.0. The molecule has 0 bridgehead atoms. The first-order valence-electron chi connectivity index (χ1n) is 13.2. The number of alkyl halides is 2. The zero-order valence-electron chi connectivity index (χ0n) is 22.5. The largest absolute Gasteiger partial charge is 0.457 e. The first-order valence-corrected chi connectivity index (χ1v) is 13.2. The summed E-state index contributed by atoms with van der Waals surface area (Å²) in [5, 5.41) is 0. The molecule has 3 aliphatic rings. The van der Waals surface area contributed by atoms with Crippen molar-refractivity contribution in [3.05, 3.63) is 78.5 Å². The molecule has 2 fully saturated rings. The third-order valence-electron chi connectivity index (χ3n) is 7.34. The molecule has 212 valence electrons. The highest BCUT2D eigenvalue weighted by atomic mass is 19.3. The third kappa shape index (κ3) is 6.01. The Kier molecular flexibility index (Phi) is 7.88. The Balaban J connectivity index is 1.41. The predicted molar refractivity (Wildman–Crippen MR) is 147 cm³/mol. The topological polar surface area (TPSA) is 103 Å². The second-order valence-electron chi connectivity index (χ2n) is 10.7. The van der Waals surface area contributed by atoms with Gasteiger partial charge < -0.3 is 25.2 Å². The molecule has 4 atom stereocenters. The highest BCUT2D eigenvalue weighted by Gasteiger charge is 2.52. The number of hydrogen-bond acceptors (Lipinski definition) is 7. The van der Waals surface area contributed by atoms with Crippen molar-refractivity contribution in [1.29, 1.82) is 0 Å². The second-order valence-corrected chi connectivity index (χ2v) is 10.7. The summed E-state index contributed by atoms with van der Waals surface area (Å²) in [5.74, 6) is -3.11. The van der Waals surface area contributed by atoms with Crippen LogP contribution in [0, 0.1) is 5.92 Å². The van der Waals surface area contributed by atoms with Gasteiger partial charge in [-0.1, -0.05) is 36.4 Å². The van der Waals surface area contributed by atoms with Gasteiger partial charge in [-0.05, 0) is 49.5 Å². The van der Waals surface area contributed by atoms with Crippen molar-refractivity contribution >= 4 is 17.4 Å². The summed E-state index contributed by atoms with van der Waals surface area (Å²) in [4.78, 5) is 30.6. The maximum atomic E-state index is 15.0. The van der Waals surface area contributed by atoms with Crippen LogP contribution in [0.3, 0.4) is 0 Å². The normalized spacial score (nSPS) is 26.1. The smallest absolute Gasteiger partial charge is 0.267 e. The van der Waals surface area contributed by atoms with Crippen molar-refractivity contribution in [3.8, 4) is 11.5 Å². The molecule has 0 aliphatic carbocycles. The lowest BCUT2D eigenvalue weighted by atomic mass is 9.85. The van der Waals surface area contributed by atoms with Crippen LogP contribution in [0.1, 0.15) is 12.0 Å². The molecule has 2 aromatic carbocycles. The number of nitrogens with zero attached hydrogens (tertiary/aromatic N) is 3. The fraction of sp³-hybridized carbons (Fsp3) is 0.379. The molecule has 2 amide bonds. The molecule has 0 spiro atoms. The summed E-state index contributed by atoms with van der Waals surface area (Å²) in [6, 6.07) is 15.2. The molecule has 0 saturated carbocycles. The summed E-state index contributed by atoms with van der Waals surface area (Å²) in [6.07, 6.45) is 3.61. The van der Waals surface area contributed by atoms with Gasteiger partial charge in [0.25, 0.3) is 11.8 Å². The fourth-order valence-electron chi connectivity index (χ4n) is 5.54. The number of likely N-dealkylation sites (tertiary alicyclic amines) is 1. The number of hydrazine groups is 1. The Morgan fingerprint density at radius 1 is 1.15 bits per heavy atom. The van der Waals surface area contributed by atoms with E-state index >= 15 is 0 Å². The van der Waals surface area contributed by atoms with Crippen molar-refractivity contribution < 1.29 is 23.1 Å². The first kappa shape index (κ1) is 27.8. The van der Waals surface area contributed by atoms with E-state index in [1.807, 2.05) is 73.6 Å². The van der Waals surface area contributed by atoms with Gasteiger partial charge in [-0.2, -0.15) is 0 Å². The molecule has 4 N–H and O–H groups in total. The number of nitrogens with one attached hydrogen (secondary N) is 2. The number of halogens is 2. The molecule has 5 rings (SSSR count). The van der Waals surface area contributed by atoms with Gasteiger partial charge in [-0.3, -0.25) is 15.0 Å². The van der Waals surface area contributed by atoms with Crippen LogP contribution < -0.4 is 21.3 Å². The van der Waals surface area contributed by atoms with E-state index in [-0.39, 0.29) is 12.5 Å². The van der Waals surface area contributed by atoms with E-state index in [1.165, 1.54) is 6.08 Å². The summed E-state index contributed by atoms with van der Waals surface area (Å²) in [7, 11) is 3.71. The van der Waals surface area contributed by atoms with Crippen molar-refractivity contribution in [2.45, 2.75) is 30.6 Å². The van der Waals surface area contributed by atoms with E-state index in [1.54, 1.807) is 17.2 Å². The number of benzene rings is 2. The Bertz CT molecular complexity index is 1280. The minimum atomic E-state index is -3.11. The van der Waals surface area contributed by atoms with Gasteiger partial charge in [-0.25, -0.2) is 14.2 Å². The average molecular weight is 553 g/mol. The molecular formula is C29H34F2N6O3. The number of rotatable bonds is 7. The van der Waals surface area contributed by atoms with Crippen molar-refractivity contribution in [1.82, 2.24) is 25.6 Å². The van der Waals surface area contributed by atoms with E-state index in [2.05, 4.69) is 10.9 Å². The van der Waals surface area contributed by atoms with Gasteiger partial charge in [0, 0.05) is 37.7 Å². The predicted octanol–water partition coefficient (Wildman–Crippen LogP) is 2.39. The van der Waals surface area contributed by atoms with Gasteiger partial charge in [0.05, 0.1) is 18.8 Å². The van der Waals surface area contributed by atoms with Crippen molar-refractivity contribution in [2.24, 2.45) is 11.7 Å². The Hall–Kier alpha value is -3.80. The lowest BCUT2D eigenvalue weighted by Gasteiger charge is -2.45. The summed E-state index contributed by atoms with van der Waals surface area (Å²) >= 11 is 0. The zero-order valence-corrected chi connectivity index (χ0v) is 22.5. The number of carbonyl (C=O) groups is 2. The molecular weight excluding hydrogens is 518 g/mol. The quantitative estimate of drug-likeness (QED) is 0.454. The molecule has 3 heterocycles. The standard InChI is InChI=1S/C29H34F2N6O3/c1-35(2)14-6-9-24(38)36-16-20(15-29(30,31)18-36)37-17-23(25-26(37)28(39)34-33-27(25)32)19-10-12-22(13-11-19)40-21-7-4-3-5-8-21/h3-13,17,20,25-27,33H,14-16,18,32H2,1-2H3,(H,34,39)/b9-6+/t20-,25?,26?,27?/m1/s1. The van der Waals surface area contributed by atoms with E-state index < -0.39 is 49.0 Å². The highest BCUT2D eigenvalue weighted by Crippen LogP contribution is 2.42. The summed E-state index contributed by atoms with van der Waals surface area (Å²) in [5.41, 5.74) is 13.3. The van der Waals surface area contributed by atoms with E-state index in [4.69, 9.17) is 10.5 Å². The highest BCUT2D eigenvalue weighted by molar-refractivity contribution is 5.89. The fourth-order valence-corrected chi connectivity index (χ4v) is 5.54. The average Bonchev–Trinajstić information content (AvgIpc) is 3.33. The van der Waals surface area contributed by atoms with Gasteiger partial charge in [0.15, 0.2) is 0 Å². The minimum Gasteiger partial charge on any atom is -0.457 e. The number of amides is 2. The van der Waals surface area contributed by atoms with Crippen LogP contribution in [0.4, 0.5) is 8.78 Å². The molecule has 0 aromatic heterocycles. The lowest BCUT2D eigenvalue weighted by molar-refractivity contribution is -0.145. The van der Waals surface area contributed by atoms with Gasteiger partial charge in [-0.15, -0.1) is 0 Å². The molecule has 2 saturated heterocycles. The molecule has 3 unspecified atom stereocenters. The number of hydrogen-bond donors (Lipinski definition) is 3. The van der Waals surface area contributed by atoms with E-state index in [0.717, 1.165) is 16.0 Å². The molecule has 2 aromatic rings. The SMILES string of the molecule is CN(C)C/C=C/C(=O)N1C[C@H](N2C=C(c3ccc(Oc4ccccc4)cc3)C3C(N)NNC(=O)C32)CC(F)(F)C1. The lowest BCUT2D eigenvalue weighted by Crippen LogP contribution is -2.68. The van der Waals surface area contributed by atoms with Crippen LogP contribution >= 0.6 is 0 Å². The third-order valence-corrected chi connectivity index (χ3v) is 7.34. The molecule has 9 nitrogen and oxygen atoms in total. The van der Waals surface area contributed by atoms with Gasteiger partial charge in [0.2, 0.25) is 5.91 Å². The molecule has 3 aliphatic heterocycles. The maximum Gasteiger partial charge on any atom is 0.267 e.